The van der Waals surface area contributed by atoms with Crippen LogP contribution >= 0.6 is 0 Å². The number of rotatable bonds is 7. The quantitative estimate of drug-likeness (QED) is 0.118. The SMILES string of the molecule is CC1=C(O)C(C(C2=CCC3c4cccc5c4C(CC=C5C(CC4C=CC=CC4)C4=C(O)C(O)=C(N)C(C)C4O)c4cccc2c43)c2ccccc2)C(O)C(O)=C1O. The second-order valence-electron chi connectivity index (χ2n) is 16.6. The Labute approximate surface area is 332 Å². The molecule has 292 valence electrons. The van der Waals surface area contributed by atoms with Crippen LogP contribution in [0.2, 0.25) is 0 Å². The average Bonchev–Trinajstić information content (AvgIpc) is 3.24. The predicted molar refractivity (Wildman–Crippen MR) is 221 cm³/mol. The highest BCUT2D eigenvalue weighted by atomic mass is 16.3. The molecule has 57 heavy (non-hydrogen) atoms. The van der Waals surface area contributed by atoms with Crippen LogP contribution in [0.1, 0.15) is 96.2 Å². The van der Waals surface area contributed by atoms with Crippen LogP contribution < -0.4 is 5.73 Å². The van der Waals surface area contributed by atoms with Crippen molar-refractivity contribution in [3.05, 3.63) is 188 Å². The lowest BCUT2D eigenvalue weighted by Crippen LogP contribution is -2.36. The molecule has 6 aliphatic rings. The molecule has 9 unspecified atom stereocenters. The van der Waals surface area contributed by atoms with Crippen LogP contribution in [0, 0.1) is 23.7 Å². The maximum atomic E-state index is 11.7. The Morgan fingerprint density at radius 2 is 1.32 bits per heavy atom. The molecule has 8 heteroatoms. The summed E-state index contributed by atoms with van der Waals surface area (Å²) in [5, 5.41) is 78.8. The van der Waals surface area contributed by atoms with Crippen LogP contribution in [0.15, 0.2) is 149 Å². The van der Waals surface area contributed by atoms with Crippen molar-refractivity contribution in [3.8, 4) is 0 Å². The van der Waals surface area contributed by atoms with Gasteiger partial charge in [-0.2, -0.15) is 0 Å². The molecule has 0 aromatic heterocycles. The van der Waals surface area contributed by atoms with E-state index < -0.39 is 41.5 Å². The van der Waals surface area contributed by atoms with Gasteiger partial charge in [0, 0.05) is 40.7 Å². The Morgan fingerprint density at radius 1 is 0.684 bits per heavy atom. The standard InChI is InChI=1S/C49H49NO7/c1-24-42(50)48(56)46(54)40(43(24)51)36(23-26-11-5-3-6-12-26)28-19-20-34-32-18-10-16-30-33(21-22-35(39(30)32)31-17-9-15-29(28)38(31)34)37(27-13-7-4-8-14-27)41-44(52)25(2)45(53)49(57)47(41)55/h3-11,13-19,21,24,26,34-37,41,43,47,51-57H,12,20,22-23,50H2,1-2H3. The molecule has 0 spiro atoms. The summed E-state index contributed by atoms with van der Waals surface area (Å²) in [5.41, 5.74) is 16.7. The zero-order valence-corrected chi connectivity index (χ0v) is 32.0. The first-order valence-electron chi connectivity index (χ1n) is 20.0. The van der Waals surface area contributed by atoms with Gasteiger partial charge in [-0.1, -0.05) is 110 Å². The Hall–Kier alpha value is -5.70. The van der Waals surface area contributed by atoms with Gasteiger partial charge in [0.2, 0.25) is 0 Å². The van der Waals surface area contributed by atoms with Crippen LogP contribution in [0.5, 0.6) is 0 Å². The summed E-state index contributed by atoms with van der Waals surface area (Å²) < 4.78 is 0. The third kappa shape index (κ3) is 5.64. The summed E-state index contributed by atoms with van der Waals surface area (Å²) in [6.45, 7) is 3.32. The van der Waals surface area contributed by atoms with E-state index in [2.05, 4.69) is 60.7 Å². The summed E-state index contributed by atoms with van der Waals surface area (Å²) in [4.78, 5) is 0. The maximum absolute atomic E-state index is 11.7. The molecule has 3 aromatic rings. The Kier molecular flexibility index (Phi) is 9.09. The molecule has 0 bridgehead atoms. The number of aliphatic hydroxyl groups is 7. The van der Waals surface area contributed by atoms with E-state index in [1.54, 1.807) is 13.8 Å². The highest BCUT2D eigenvalue weighted by Gasteiger charge is 2.47. The van der Waals surface area contributed by atoms with Crippen molar-refractivity contribution in [1.29, 1.82) is 0 Å². The molecule has 0 fully saturated rings. The van der Waals surface area contributed by atoms with Gasteiger partial charge in [0.25, 0.3) is 0 Å². The fourth-order valence-electron chi connectivity index (χ4n) is 10.8. The maximum Gasteiger partial charge on any atom is 0.177 e. The average molecular weight is 764 g/mol. The van der Waals surface area contributed by atoms with Crippen molar-refractivity contribution in [2.75, 3.05) is 0 Å². The second kappa shape index (κ2) is 14.0. The van der Waals surface area contributed by atoms with E-state index >= 15 is 0 Å². The number of hydrogen-bond acceptors (Lipinski definition) is 8. The Balaban J connectivity index is 1.17. The second-order valence-corrected chi connectivity index (χ2v) is 16.6. The first kappa shape index (κ1) is 36.9. The molecular weight excluding hydrogens is 715 g/mol. The van der Waals surface area contributed by atoms with Crippen molar-refractivity contribution in [2.24, 2.45) is 29.4 Å². The van der Waals surface area contributed by atoms with E-state index in [0.29, 0.717) is 24.8 Å². The van der Waals surface area contributed by atoms with E-state index in [9.17, 15) is 35.7 Å². The van der Waals surface area contributed by atoms with E-state index in [4.69, 9.17) is 5.73 Å². The lowest BCUT2D eigenvalue weighted by Gasteiger charge is -2.44. The number of fused-ring (bicyclic) bond motifs is 2. The molecule has 0 amide bonds. The number of nitrogens with two attached hydrogens (primary N) is 1. The minimum absolute atomic E-state index is 0.0194. The highest BCUT2D eigenvalue weighted by Crippen LogP contribution is 2.58. The zero-order chi connectivity index (χ0) is 39.9. The lowest BCUT2D eigenvalue weighted by molar-refractivity contribution is 0.0689. The van der Waals surface area contributed by atoms with Crippen molar-refractivity contribution < 1.29 is 35.7 Å². The number of benzene rings is 3. The third-order valence-electron chi connectivity index (χ3n) is 13.7. The van der Waals surface area contributed by atoms with Crippen molar-refractivity contribution in [1.82, 2.24) is 0 Å². The summed E-state index contributed by atoms with van der Waals surface area (Å²) in [7, 11) is 0. The van der Waals surface area contributed by atoms with Gasteiger partial charge < -0.3 is 41.5 Å². The number of hydrogen-bond donors (Lipinski definition) is 8. The number of allylic oxidation sites excluding steroid dienone is 9. The van der Waals surface area contributed by atoms with Crippen LogP contribution in [0.3, 0.4) is 0 Å². The fourth-order valence-corrected chi connectivity index (χ4v) is 10.8. The molecule has 9 atom stereocenters. The minimum Gasteiger partial charge on any atom is -0.511 e. The first-order chi connectivity index (χ1) is 27.5. The fraction of sp³-hybridized carbons (Fsp3) is 0.306. The van der Waals surface area contributed by atoms with Gasteiger partial charge >= 0.3 is 0 Å². The van der Waals surface area contributed by atoms with Crippen molar-refractivity contribution >= 4 is 11.1 Å². The predicted octanol–water partition coefficient (Wildman–Crippen LogP) is 9.46. The van der Waals surface area contributed by atoms with E-state index in [0.717, 1.165) is 34.3 Å². The molecule has 6 aliphatic carbocycles. The van der Waals surface area contributed by atoms with Gasteiger partial charge in [0.05, 0.1) is 17.7 Å². The smallest absolute Gasteiger partial charge is 0.177 e. The number of aliphatic hydroxyl groups excluding tert-OH is 7. The van der Waals surface area contributed by atoms with Gasteiger partial charge in [-0.15, -0.1) is 0 Å². The van der Waals surface area contributed by atoms with Crippen LogP contribution in [-0.2, 0) is 0 Å². The minimum atomic E-state index is -1.52. The Bertz CT molecular complexity index is 2430. The Morgan fingerprint density at radius 3 is 1.95 bits per heavy atom. The molecule has 9 rings (SSSR count). The topological polar surface area (TPSA) is 168 Å². The van der Waals surface area contributed by atoms with Crippen molar-refractivity contribution in [3.63, 3.8) is 0 Å². The molecular formula is C49H49NO7. The molecule has 0 radical (unpaired) electrons. The third-order valence-corrected chi connectivity index (χ3v) is 13.7. The molecule has 8 nitrogen and oxygen atoms in total. The van der Waals surface area contributed by atoms with Crippen LogP contribution in [0.25, 0.3) is 11.1 Å². The van der Waals surface area contributed by atoms with E-state index in [1.807, 2.05) is 42.5 Å². The van der Waals surface area contributed by atoms with Gasteiger partial charge in [0.15, 0.2) is 23.0 Å². The summed E-state index contributed by atoms with van der Waals surface area (Å²) in [5.74, 6) is -4.13. The molecule has 0 saturated heterocycles. The summed E-state index contributed by atoms with van der Waals surface area (Å²) in [6.07, 6.45) is 13.1. The summed E-state index contributed by atoms with van der Waals surface area (Å²) in [6, 6.07) is 22.6. The van der Waals surface area contributed by atoms with Crippen LogP contribution in [-0.4, -0.2) is 48.0 Å². The monoisotopic (exact) mass is 763 g/mol. The van der Waals surface area contributed by atoms with Gasteiger partial charge in [-0.05, 0) is 88.6 Å². The van der Waals surface area contributed by atoms with E-state index in [-0.39, 0.29) is 52.2 Å². The zero-order valence-electron chi connectivity index (χ0n) is 32.0. The van der Waals surface area contributed by atoms with E-state index in [1.165, 1.54) is 22.3 Å². The molecule has 0 saturated carbocycles. The first-order valence-corrected chi connectivity index (χ1v) is 20.0. The summed E-state index contributed by atoms with van der Waals surface area (Å²) >= 11 is 0. The van der Waals surface area contributed by atoms with Crippen LogP contribution in [0.4, 0.5) is 0 Å². The van der Waals surface area contributed by atoms with Gasteiger partial charge in [0.1, 0.15) is 11.9 Å². The lowest BCUT2D eigenvalue weighted by atomic mass is 9.60. The van der Waals surface area contributed by atoms with Crippen molar-refractivity contribution in [2.45, 2.75) is 69.5 Å². The molecule has 3 aromatic carbocycles. The normalized spacial score (nSPS) is 28.8. The highest BCUT2D eigenvalue weighted by molar-refractivity contribution is 5.83. The van der Waals surface area contributed by atoms with Gasteiger partial charge in [-0.3, -0.25) is 0 Å². The largest absolute Gasteiger partial charge is 0.511 e. The molecule has 0 aliphatic heterocycles. The molecule has 9 N–H and O–H groups in total. The molecule has 0 heterocycles. The van der Waals surface area contributed by atoms with Gasteiger partial charge in [-0.25, -0.2) is 0 Å².